The van der Waals surface area contributed by atoms with E-state index in [0.29, 0.717) is 11.5 Å². The monoisotopic (exact) mass is 339 g/mol. The molecule has 1 heterocycles. The number of hydrogen-bond donors (Lipinski definition) is 2. The third-order valence-electron chi connectivity index (χ3n) is 3.67. The highest BCUT2D eigenvalue weighted by Gasteiger charge is 2.18. The Labute approximate surface area is 142 Å². The number of benzene rings is 1. The minimum absolute atomic E-state index is 0.281. The Morgan fingerprint density at radius 2 is 1.95 bits per heavy atom. The van der Waals surface area contributed by atoms with Crippen molar-refractivity contribution in [3.8, 4) is 0 Å². The Morgan fingerprint density at radius 1 is 1.23 bits per heavy atom. The van der Waals surface area contributed by atoms with Crippen LogP contribution in [0.25, 0.3) is 0 Å². The van der Waals surface area contributed by atoms with Crippen molar-refractivity contribution in [3.05, 3.63) is 34.9 Å². The summed E-state index contributed by atoms with van der Waals surface area (Å²) in [5.74, 6) is 0.281. The van der Waals surface area contributed by atoms with Gasteiger partial charge < -0.3 is 15.5 Å². The zero-order chi connectivity index (χ0) is 15.8. The maximum Gasteiger partial charge on any atom is 0.222 e. The second-order valence-electron chi connectivity index (χ2n) is 5.40. The van der Waals surface area contributed by atoms with E-state index in [1.54, 1.807) is 0 Å². The Balaban J connectivity index is 1.52. The molecule has 1 saturated heterocycles. The molecule has 1 aliphatic heterocycles. The smallest absolute Gasteiger partial charge is 0.222 e. The lowest BCUT2D eigenvalue weighted by Gasteiger charge is -2.16. The molecule has 1 aliphatic rings. The highest BCUT2D eigenvalue weighted by Crippen LogP contribution is 2.10. The van der Waals surface area contributed by atoms with Crippen molar-refractivity contribution in [2.45, 2.75) is 25.7 Å². The van der Waals surface area contributed by atoms with E-state index >= 15 is 0 Å². The molecule has 0 aliphatic carbocycles. The average Bonchev–Trinajstić information content (AvgIpc) is 2.91. The summed E-state index contributed by atoms with van der Waals surface area (Å²) in [5, 5.41) is 7.79. The van der Waals surface area contributed by atoms with Gasteiger partial charge in [0.25, 0.3) is 0 Å². The maximum atomic E-state index is 11.5. The highest BCUT2D eigenvalue weighted by atomic mass is 35.5. The first-order valence-corrected chi connectivity index (χ1v) is 8.48. The number of hydrogen-bond acceptors (Lipinski definition) is 2. The first kappa shape index (κ1) is 17.0. The van der Waals surface area contributed by atoms with Gasteiger partial charge in [-0.2, -0.15) is 0 Å². The van der Waals surface area contributed by atoms with Gasteiger partial charge in [0.1, 0.15) is 0 Å². The maximum absolute atomic E-state index is 11.5. The molecule has 1 aromatic rings. The van der Waals surface area contributed by atoms with Crippen molar-refractivity contribution in [2.75, 3.05) is 26.2 Å². The predicted octanol–water partition coefficient (Wildman–Crippen LogP) is 2.36. The van der Waals surface area contributed by atoms with E-state index in [9.17, 15) is 4.79 Å². The zero-order valence-electron chi connectivity index (χ0n) is 12.6. The standard InChI is InChI=1S/C16H22ClN3OS/c17-14-6-4-13(5-7-14)8-10-19-16(22)18-9-2-12-20-11-1-3-15(20)21/h4-7H,1-3,8-12H2,(H2,18,19,22). The minimum Gasteiger partial charge on any atom is -0.363 e. The molecule has 120 valence electrons. The zero-order valence-corrected chi connectivity index (χ0v) is 14.2. The first-order valence-electron chi connectivity index (χ1n) is 7.69. The largest absolute Gasteiger partial charge is 0.363 e. The lowest BCUT2D eigenvalue weighted by Crippen LogP contribution is -2.38. The Morgan fingerprint density at radius 3 is 2.64 bits per heavy atom. The molecule has 0 bridgehead atoms. The summed E-state index contributed by atoms with van der Waals surface area (Å²) >= 11 is 11.1. The van der Waals surface area contributed by atoms with Crippen molar-refractivity contribution in [1.82, 2.24) is 15.5 Å². The van der Waals surface area contributed by atoms with Crippen LogP contribution >= 0.6 is 23.8 Å². The average molecular weight is 340 g/mol. The van der Waals surface area contributed by atoms with E-state index in [1.165, 1.54) is 5.56 Å². The van der Waals surface area contributed by atoms with E-state index in [1.807, 2.05) is 29.2 Å². The number of nitrogens with one attached hydrogen (secondary N) is 2. The van der Waals surface area contributed by atoms with Crippen LogP contribution in [0, 0.1) is 0 Å². The van der Waals surface area contributed by atoms with E-state index in [2.05, 4.69) is 10.6 Å². The predicted molar refractivity (Wildman–Crippen MR) is 94.2 cm³/mol. The number of carbonyl (C=O) groups is 1. The number of halogens is 1. The van der Waals surface area contributed by atoms with Crippen molar-refractivity contribution in [1.29, 1.82) is 0 Å². The van der Waals surface area contributed by atoms with Gasteiger partial charge in [0.2, 0.25) is 5.91 Å². The quantitative estimate of drug-likeness (QED) is 0.591. The molecule has 0 atom stereocenters. The van der Waals surface area contributed by atoms with Crippen molar-refractivity contribution in [2.24, 2.45) is 0 Å². The third-order valence-corrected chi connectivity index (χ3v) is 4.21. The van der Waals surface area contributed by atoms with Crippen molar-refractivity contribution < 1.29 is 4.79 Å². The molecule has 0 spiro atoms. The number of likely N-dealkylation sites (tertiary alicyclic amines) is 1. The van der Waals surface area contributed by atoms with Gasteiger partial charge >= 0.3 is 0 Å². The molecule has 0 radical (unpaired) electrons. The number of thiocarbonyl (C=S) groups is 1. The molecular formula is C16H22ClN3OS. The Kier molecular flexibility index (Phi) is 6.93. The fraction of sp³-hybridized carbons (Fsp3) is 0.500. The second kappa shape index (κ2) is 8.96. The summed E-state index contributed by atoms with van der Waals surface area (Å²) in [6.45, 7) is 3.30. The van der Waals surface area contributed by atoms with Gasteiger partial charge in [0.05, 0.1) is 0 Å². The summed E-state index contributed by atoms with van der Waals surface area (Å²) in [4.78, 5) is 13.4. The summed E-state index contributed by atoms with van der Waals surface area (Å²) in [7, 11) is 0. The molecule has 0 aromatic heterocycles. The van der Waals surface area contributed by atoms with Gasteiger partial charge in [-0.1, -0.05) is 23.7 Å². The van der Waals surface area contributed by atoms with Crippen LogP contribution in [0.3, 0.4) is 0 Å². The van der Waals surface area contributed by atoms with Crippen LogP contribution in [0.15, 0.2) is 24.3 Å². The lowest BCUT2D eigenvalue weighted by atomic mass is 10.1. The Bertz CT molecular complexity index is 507. The number of amides is 1. The number of nitrogens with zero attached hydrogens (tertiary/aromatic N) is 1. The highest BCUT2D eigenvalue weighted by molar-refractivity contribution is 7.80. The van der Waals surface area contributed by atoms with Crippen LogP contribution < -0.4 is 10.6 Å². The van der Waals surface area contributed by atoms with Gasteiger partial charge in [-0.3, -0.25) is 4.79 Å². The summed E-state index contributed by atoms with van der Waals surface area (Å²) in [5.41, 5.74) is 1.23. The van der Waals surface area contributed by atoms with Gasteiger partial charge in [-0.15, -0.1) is 0 Å². The number of rotatable bonds is 7. The van der Waals surface area contributed by atoms with Crippen molar-refractivity contribution >= 4 is 34.8 Å². The van der Waals surface area contributed by atoms with E-state index in [0.717, 1.165) is 50.5 Å². The van der Waals surface area contributed by atoms with Crippen LogP contribution in [0.4, 0.5) is 0 Å². The number of carbonyl (C=O) groups excluding carboxylic acids is 1. The molecule has 0 unspecified atom stereocenters. The van der Waals surface area contributed by atoms with E-state index in [-0.39, 0.29) is 5.91 Å². The molecule has 1 fully saturated rings. The normalized spacial score (nSPS) is 14.2. The Hall–Kier alpha value is -1.33. The van der Waals surface area contributed by atoms with Gasteiger partial charge in [0, 0.05) is 37.6 Å². The molecule has 22 heavy (non-hydrogen) atoms. The summed E-state index contributed by atoms with van der Waals surface area (Å²) in [6.07, 6.45) is 3.53. The van der Waals surface area contributed by atoms with Gasteiger partial charge in [-0.25, -0.2) is 0 Å². The first-order chi connectivity index (χ1) is 10.6. The molecule has 6 heteroatoms. The lowest BCUT2D eigenvalue weighted by molar-refractivity contribution is -0.127. The third kappa shape index (κ3) is 5.81. The van der Waals surface area contributed by atoms with Crippen LogP contribution in [0.2, 0.25) is 5.02 Å². The van der Waals surface area contributed by atoms with Crippen LogP contribution in [-0.4, -0.2) is 42.1 Å². The van der Waals surface area contributed by atoms with Crippen LogP contribution in [-0.2, 0) is 11.2 Å². The molecule has 1 amide bonds. The molecule has 1 aromatic carbocycles. The fourth-order valence-electron chi connectivity index (χ4n) is 2.45. The van der Waals surface area contributed by atoms with Crippen LogP contribution in [0.5, 0.6) is 0 Å². The van der Waals surface area contributed by atoms with E-state index in [4.69, 9.17) is 23.8 Å². The van der Waals surface area contributed by atoms with Gasteiger partial charge in [-0.05, 0) is 49.2 Å². The van der Waals surface area contributed by atoms with E-state index < -0.39 is 0 Å². The van der Waals surface area contributed by atoms with Gasteiger partial charge in [0.15, 0.2) is 5.11 Å². The topological polar surface area (TPSA) is 44.4 Å². The molecular weight excluding hydrogens is 318 g/mol. The second-order valence-corrected chi connectivity index (χ2v) is 6.24. The van der Waals surface area contributed by atoms with Crippen molar-refractivity contribution in [3.63, 3.8) is 0 Å². The molecule has 2 rings (SSSR count). The SMILES string of the molecule is O=C1CCCN1CCCNC(=S)NCCc1ccc(Cl)cc1. The summed E-state index contributed by atoms with van der Waals surface area (Å²) < 4.78 is 0. The minimum atomic E-state index is 0.281. The van der Waals surface area contributed by atoms with Crippen LogP contribution in [0.1, 0.15) is 24.8 Å². The molecule has 0 saturated carbocycles. The fourth-order valence-corrected chi connectivity index (χ4v) is 2.78. The molecule has 4 nitrogen and oxygen atoms in total. The summed E-state index contributed by atoms with van der Waals surface area (Å²) in [6, 6.07) is 7.83. The molecule has 2 N–H and O–H groups in total.